The molecule has 0 aliphatic carbocycles. The van der Waals surface area contributed by atoms with Gasteiger partial charge in [0.15, 0.2) is 11.5 Å². The third-order valence-electron chi connectivity index (χ3n) is 5.09. The Labute approximate surface area is 211 Å². The van der Waals surface area contributed by atoms with Crippen molar-refractivity contribution in [3.8, 4) is 17.2 Å². The SMILES string of the molecule is COc1cccc(OC)c1OC[C@@H](COS(=O)(=O)c1ccc(C)cc1)OS(=O)(=O)c1ccc(C)cc1. The van der Waals surface area contributed by atoms with Crippen LogP contribution >= 0.6 is 0 Å². The Morgan fingerprint density at radius 1 is 0.667 bits per heavy atom. The maximum absolute atomic E-state index is 12.9. The van der Waals surface area contributed by atoms with Gasteiger partial charge in [-0.05, 0) is 50.2 Å². The maximum atomic E-state index is 12.9. The Morgan fingerprint density at radius 2 is 1.14 bits per heavy atom. The molecule has 11 heteroatoms. The fraction of sp³-hybridized carbons (Fsp3) is 0.280. The lowest BCUT2D eigenvalue weighted by atomic mass is 10.2. The van der Waals surface area contributed by atoms with Gasteiger partial charge in [0.25, 0.3) is 20.2 Å². The highest BCUT2D eigenvalue weighted by Crippen LogP contribution is 2.37. The number of hydrogen-bond acceptors (Lipinski definition) is 9. The van der Waals surface area contributed by atoms with Gasteiger partial charge in [0, 0.05) is 0 Å². The fourth-order valence-electron chi connectivity index (χ4n) is 3.12. The number of aryl methyl sites for hydroxylation is 2. The standard InChI is InChI=1S/C25H28O9S2/c1-18-8-12-21(13-9-18)35(26,27)33-17-20(34-36(28,29)22-14-10-19(2)11-15-22)16-32-25-23(30-3)6-5-7-24(25)31-4/h5-15,20H,16-17H2,1-4H3/t20-/m0/s1. The van der Waals surface area contributed by atoms with Crippen molar-refractivity contribution >= 4 is 20.2 Å². The van der Waals surface area contributed by atoms with Gasteiger partial charge in [-0.3, -0.25) is 8.37 Å². The van der Waals surface area contributed by atoms with Gasteiger partial charge in [-0.1, -0.05) is 41.5 Å². The predicted molar refractivity (Wildman–Crippen MR) is 133 cm³/mol. The third-order valence-corrected chi connectivity index (χ3v) is 7.76. The topological polar surface area (TPSA) is 114 Å². The van der Waals surface area contributed by atoms with E-state index in [2.05, 4.69) is 0 Å². The molecule has 0 spiro atoms. The molecule has 36 heavy (non-hydrogen) atoms. The molecule has 0 bridgehead atoms. The average Bonchev–Trinajstić information content (AvgIpc) is 2.85. The van der Waals surface area contributed by atoms with Gasteiger partial charge in [0.05, 0.1) is 30.6 Å². The molecule has 0 aliphatic heterocycles. The van der Waals surface area contributed by atoms with Crippen LogP contribution in [0.15, 0.2) is 76.5 Å². The molecule has 0 saturated heterocycles. The molecule has 1 atom stereocenters. The highest BCUT2D eigenvalue weighted by atomic mass is 32.2. The number of benzene rings is 3. The lowest BCUT2D eigenvalue weighted by Crippen LogP contribution is -2.31. The zero-order valence-corrected chi connectivity index (χ0v) is 22.0. The van der Waals surface area contributed by atoms with E-state index in [4.69, 9.17) is 22.6 Å². The summed E-state index contributed by atoms with van der Waals surface area (Å²) in [6, 6.07) is 17.1. The van der Waals surface area contributed by atoms with Gasteiger partial charge in [-0.25, -0.2) is 0 Å². The first-order valence-corrected chi connectivity index (χ1v) is 13.7. The van der Waals surface area contributed by atoms with Crippen molar-refractivity contribution in [3.63, 3.8) is 0 Å². The first-order chi connectivity index (χ1) is 17.1. The second kappa shape index (κ2) is 11.7. The minimum atomic E-state index is -4.27. The molecule has 0 N–H and O–H groups in total. The zero-order valence-electron chi connectivity index (χ0n) is 20.3. The lowest BCUT2D eigenvalue weighted by molar-refractivity contribution is 0.0858. The van der Waals surface area contributed by atoms with Crippen molar-refractivity contribution in [2.24, 2.45) is 0 Å². The van der Waals surface area contributed by atoms with E-state index in [0.717, 1.165) is 11.1 Å². The van der Waals surface area contributed by atoms with Crippen LogP contribution in [0.3, 0.4) is 0 Å². The van der Waals surface area contributed by atoms with Crippen LogP contribution in [0.25, 0.3) is 0 Å². The molecule has 0 heterocycles. The van der Waals surface area contributed by atoms with E-state index in [1.807, 2.05) is 13.8 Å². The predicted octanol–water partition coefficient (Wildman–Crippen LogP) is 3.88. The highest BCUT2D eigenvalue weighted by Gasteiger charge is 2.27. The molecule has 3 aromatic carbocycles. The normalized spacial score (nSPS) is 12.7. The van der Waals surface area contributed by atoms with E-state index in [-0.39, 0.29) is 22.1 Å². The summed E-state index contributed by atoms with van der Waals surface area (Å²) in [5.41, 5.74) is 1.74. The van der Waals surface area contributed by atoms with E-state index in [0.29, 0.717) is 11.5 Å². The molecule has 3 rings (SSSR count). The summed E-state index contributed by atoms with van der Waals surface area (Å²) in [7, 11) is -5.58. The molecule has 3 aromatic rings. The summed E-state index contributed by atoms with van der Waals surface area (Å²) in [5, 5.41) is 0. The van der Waals surface area contributed by atoms with Gasteiger partial charge in [0.2, 0.25) is 5.75 Å². The van der Waals surface area contributed by atoms with E-state index >= 15 is 0 Å². The van der Waals surface area contributed by atoms with Crippen molar-refractivity contribution < 1.29 is 39.4 Å². The first-order valence-electron chi connectivity index (χ1n) is 10.9. The number of hydrogen-bond donors (Lipinski definition) is 0. The Balaban J connectivity index is 1.85. The first kappa shape index (κ1) is 27.5. The van der Waals surface area contributed by atoms with Crippen LogP contribution in [0.1, 0.15) is 11.1 Å². The smallest absolute Gasteiger partial charge is 0.297 e. The molecule has 0 aromatic heterocycles. The molecule has 9 nitrogen and oxygen atoms in total. The van der Waals surface area contributed by atoms with Crippen molar-refractivity contribution in [3.05, 3.63) is 77.9 Å². The Kier molecular flexibility index (Phi) is 8.96. The summed E-state index contributed by atoms with van der Waals surface area (Å²) in [6.07, 6.45) is -1.33. The Hall–Kier alpha value is -3.12. The third kappa shape index (κ3) is 6.97. The summed E-state index contributed by atoms with van der Waals surface area (Å²) >= 11 is 0. The minimum absolute atomic E-state index is 0.0689. The van der Waals surface area contributed by atoms with Crippen LogP contribution in [0, 0.1) is 13.8 Å². The Bertz CT molecular complexity index is 1340. The van der Waals surface area contributed by atoms with Crippen LogP contribution in [-0.4, -0.2) is 50.4 Å². The fourth-order valence-corrected chi connectivity index (χ4v) is 5.10. The minimum Gasteiger partial charge on any atom is -0.493 e. The number of methoxy groups -OCH3 is 2. The van der Waals surface area contributed by atoms with Gasteiger partial charge in [-0.15, -0.1) is 0 Å². The van der Waals surface area contributed by atoms with Crippen LogP contribution in [0.2, 0.25) is 0 Å². The van der Waals surface area contributed by atoms with Crippen LogP contribution < -0.4 is 14.2 Å². The molecule has 0 aliphatic rings. The molecular formula is C25H28O9S2. The second-order valence-corrected chi connectivity index (χ2v) is 11.0. The van der Waals surface area contributed by atoms with Gasteiger partial charge < -0.3 is 14.2 Å². The van der Waals surface area contributed by atoms with Crippen LogP contribution in [-0.2, 0) is 28.6 Å². The monoisotopic (exact) mass is 536 g/mol. The van der Waals surface area contributed by atoms with Gasteiger partial charge >= 0.3 is 0 Å². The van der Waals surface area contributed by atoms with Crippen molar-refractivity contribution in [2.45, 2.75) is 29.7 Å². The maximum Gasteiger partial charge on any atom is 0.297 e. The molecule has 0 saturated carbocycles. The molecule has 0 fully saturated rings. The van der Waals surface area contributed by atoms with Crippen LogP contribution in [0.4, 0.5) is 0 Å². The summed E-state index contributed by atoms with van der Waals surface area (Å²) < 4.78 is 78.1. The van der Waals surface area contributed by atoms with E-state index < -0.39 is 32.9 Å². The van der Waals surface area contributed by atoms with E-state index in [1.54, 1.807) is 42.5 Å². The molecule has 0 amide bonds. The average molecular weight is 537 g/mol. The molecule has 0 radical (unpaired) electrons. The van der Waals surface area contributed by atoms with Gasteiger partial charge in [0.1, 0.15) is 12.7 Å². The van der Waals surface area contributed by atoms with Crippen molar-refractivity contribution in [1.29, 1.82) is 0 Å². The lowest BCUT2D eigenvalue weighted by Gasteiger charge is -2.20. The summed E-state index contributed by atoms with van der Waals surface area (Å²) in [6.45, 7) is 2.63. The molecular weight excluding hydrogens is 508 g/mol. The van der Waals surface area contributed by atoms with Crippen molar-refractivity contribution in [1.82, 2.24) is 0 Å². The van der Waals surface area contributed by atoms with Gasteiger partial charge in [-0.2, -0.15) is 16.8 Å². The second-order valence-electron chi connectivity index (χ2n) is 7.84. The van der Waals surface area contributed by atoms with Crippen LogP contribution in [0.5, 0.6) is 17.2 Å². The number of ether oxygens (including phenoxy) is 3. The summed E-state index contributed by atoms with van der Waals surface area (Å²) in [4.78, 5) is -0.157. The number of para-hydroxylation sites is 1. The van der Waals surface area contributed by atoms with Crippen molar-refractivity contribution in [2.75, 3.05) is 27.4 Å². The Morgan fingerprint density at radius 3 is 1.61 bits per heavy atom. The van der Waals surface area contributed by atoms with E-state index in [9.17, 15) is 16.8 Å². The highest BCUT2D eigenvalue weighted by molar-refractivity contribution is 7.87. The largest absolute Gasteiger partial charge is 0.493 e. The van der Waals surface area contributed by atoms with E-state index in [1.165, 1.54) is 38.5 Å². The quantitative estimate of drug-likeness (QED) is 0.318. The summed E-state index contributed by atoms with van der Waals surface area (Å²) in [5.74, 6) is 0.871. The molecule has 0 unspecified atom stereocenters. The molecule has 194 valence electrons. The zero-order chi connectivity index (χ0) is 26.3. The number of rotatable bonds is 12.